The van der Waals surface area contributed by atoms with Crippen LogP contribution in [0.4, 0.5) is 0 Å². The van der Waals surface area contributed by atoms with Crippen LogP contribution < -0.4 is 14.8 Å². The lowest BCUT2D eigenvalue weighted by atomic mass is 9.86. The highest BCUT2D eigenvalue weighted by Crippen LogP contribution is 2.39. The van der Waals surface area contributed by atoms with Crippen molar-refractivity contribution in [2.45, 2.75) is 52.2 Å². The predicted octanol–water partition coefficient (Wildman–Crippen LogP) is 7.40. The third-order valence-electron chi connectivity index (χ3n) is 7.78. The molecule has 2 atom stereocenters. The van der Waals surface area contributed by atoms with Gasteiger partial charge in [0.05, 0.1) is 29.2 Å². The number of amides is 1. The van der Waals surface area contributed by atoms with E-state index in [2.05, 4.69) is 17.3 Å². The van der Waals surface area contributed by atoms with Crippen LogP contribution in [0.3, 0.4) is 0 Å². The molecule has 1 aliphatic carbocycles. The van der Waals surface area contributed by atoms with E-state index in [-0.39, 0.29) is 11.9 Å². The molecule has 0 saturated heterocycles. The van der Waals surface area contributed by atoms with Crippen molar-refractivity contribution in [1.29, 1.82) is 0 Å². The number of carbonyl (C=O) groups excluding carboxylic acids is 1. The fourth-order valence-electron chi connectivity index (χ4n) is 5.42. The molecule has 1 aliphatic rings. The van der Waals surface area contributed by atoms with Gasteiger partial charge in [0, 0.05) is 34.7 Å². The van der Waals surface area contributed by atoms with E-state index in [1.54, 1.807) is 34.3 Å². The number of benzene rings is 2. The summed E-state index contributed by atoms with van der Waals surface area (Å²) in [5.74, 6) is 1.87. The number of nitrogens with one attached hydrogen (secondary N) is 1. The zero-order chi connectivity index (χ0) is 29.5. The minimum Gasteiger partial charge on any atom is -0.497 e. The molecule has 1 saturated carbocycles. The Labute approximate surface area is 260 Å². The Bertz CT molecular complexity index is 1890. The van der Waals surface area contributed by atoms with E-state index in [1.165, 1.54) is 30.6 Å². The third-order valence-corrected chi connectivity index (χ3v) is 10.7. The Morgan fingerprint density at radius 2 is 1.91 bits per heavy atom. The van der Waals surface area contributed by atoms with Crippen molar-refractivity contribution in [2.75, 3.05) is 7.11 Å². The first-order chi connectivity index (χ1) is 20.9. The van der Waals surface area contributed by atoms with Gasteiger partial charge < -0.3 is 14.8 Å². The lowest BCUT2D eigenvalue weighted by Gasteiger charge is -2.29. The van der Waals surface area contributed by atoms with Gasteiger partial charge in [-0.2, -0.15) is 5.10 Å². The number of hydrogen-bond donors (Lipinski definition) is 1. The molecule has 1 unspecified atom stereocenters. The molecule has 0 aliphatic heterocycles. The molecule has 4 aromatic heterocycles. The fraction of sp³-hybridized carbons (Fsp3) is 0.323. The number of thiazole rings is 2. The van der Waals surface area contributed by atoms with E-state index in [0.717, 1.165) is 53.6 Å². The van der Waals surface area contributed by atoms with Crippen LogP contribution in [0.1, 0.15) is 53.7 Å². The van der Waals surface area contributed by atoms with Crippen LogP contribution in [-0.4, -0.2) is 43.6 Å². The summed E-state index contributed by atoms with van der Waals surface area (Å²) in [6.07, 6.45) is 6.57. The summed E-state index contributed by atoms with van der Waals surface area (Å²) in [4.78, 5) is 28.0. The number of aromatic nitrogens is 5. The van der Waals surface area contributed by atoms with E-state index in [1.807, 2.05) is 54.9 Å². The number of ether oxygens (including phenoxy) is 2. The molecule has 1 amide bonds. The molecule has 7 rings (SSSR count). The maximum atomic E-state index is 12.8. The van der Waals surface area contributed by atoms with Gasteiger partial charge in [0.1, 0.15) is 38.8 Å². The Balaban J connectivity index is 1.05. The largest absolute Gasteiger partial charge is 0.497 e. The van der Waals surface area contributed by atoms with Crippen LogP contribution in [0.25, 0.3) is 36.5 Å². The number of methoxy groups -OCH3 is 1. The summed E-state index contributed by atoms with van der Waals surface area (Å²) < 4.78 is 14.5. The third kappa shape index (κ3) is 5.74. The number of hydrogen-bond acceptors (Lipinski definition) is 10. The number of rotatable bonds is 8. The highest BCUT2D eigenvalue weighted by Gasteiger charge is 2.23. The van der Waals surface area contributed by atoms with Crippen LogP contribution in [0, 0.1) is 12.8 Å². The van der Waals surface area contributed by atoms with Gasteiger partial charge in [-0.05, 0) is 37.8 Å². The Hall–Kier alpha value is -3.87. The van der Waals surface area contributed by atoms with Crippen molar-refractivity contribution in [1.82, 2.24) is 29.9 Å². The topological polar surface area (TPSA) is 104 Å². The Kier molecular flexibility index (Phi) is 7.58. The van der Waals surface area contributed by atoms with Crippen LogP contribution in [0.2, 0.25) is 0 Å². The second kappa shape index (κ2) is 11.7. The molecule has 0 spiro atoms. The predicted molar refractivity (Wildman–Crippen MR) is 172 cm³/mol. The molecular formula is C31H30N6O3S3. The van der Waals surface area contributed by atoms with Crippen LogP contribution >= 0.6 is 34.0 Å². The minimum absolute atomic E-state index is 0.00569. The monoisotopic (exact) mass is 630 g/mol. The molecule has 0 bridgehead atoms. The summed E-state index contributed by atoms with van der Waals surface area (Å²) in [5, 5.41) is 12.3. The molecule has 4 heterocycles. The lowest BCUT2D eigenvalue weighted by molar-refractivity contribution is 0.0910. The smallest absolute Gasteiger partial charge is 0.251 e. The van der Waals surface area contributed by atoms with Gasteiger partial charge in [-0.1, -0.05) is 43.2 Å². The number of carbonyl (C=O) groups is 1. The van der Waals surface area contributed by atoms with Crippen LogP contribution in [0.5, 0.6) is 11.5 Å². The Morgan fingerprint density at radius 3 is 2.70 bits per heavy atom. The average molecular weight is 631 g/mol. The van der Waals surface area contributed by atoms with Gasteiger partial charge >= 0.3 is 0 Å². The van der Waals surface area contributed by atoms with Crippen LogP contribution in [0.15, 0.2) is 48.0 Å². The summed E-state index contributed by atoms with van der Waals surface area (Å²) in [6.45, 7) is 4.49. The molecular weight excluding hydrogens is 601 g/mol. The van der Waals surface area contributed by atoms with Crippen molar-refractivity contribution >= 4 is 55.1 Å². The molecule has 6 aromatic rings. The number of imidazole rings is 1. The molecule has 12 heteroatoms. The van der Waals surface area contributed by atoms with Gasteiger partial charge in [-0.25, -0.2) is 19.5 Å². The van der Waals surface area contributed by atoms with Crippen molar-refractivity contribution in [3.8, 4) is 32.8 Å². The van der Waals surface area contributed by atoms with E-state index in [4.69, 9.17) is 24.4 Å². The maximum Gasteiger partial charge on any atom is 0.251 e. The second-order valence-corrected chi connectivity index (χ2v) is 13.8. The van der Waals surface area contributed by atoms with E-state index in [9.17, 15) is 4.79 Å². The Morgan fingerprint density at radius 1 is 1.07 bits per heavy atom. The molecule has 1 N–H and O–H groups in total. The van der Waals surface area contributed by atoms with E-state index in [0.29, 0.717) is 29.6 Å². The zero-order valence-electron chi connectivity index (χ0n) is 24.0. The van der Waals surface area contributed by atoms with Gasteiger partial charge in [-0.15, -0.1) is 22.7 Å². The van der Waals surface area contributed by atoms with E-state index < -0.39 is 0 Å². The number of aryl methyl sites for hydroxylation is 1. The quantitative estimate of drug-likeness (QED) is 0.187. The van der Waals surface area contributed by atoms with Gasteiger partial charge in [0.25, 0.3) is 5.91 Å². The van der Waals surface area contributed by atoms with Gasteiger partial charge in [0.15, 0.2) is 0 Å². The summed E-state index contributed by atoms with van der Waals surface area (Å²) >= 11 is 4.63. The molecule has 43 heavy (non-hydrogen) atoms. The second-order valence-electron chi connectivity index (χ2n) is 10.8. The maximum absolute atomic E-state index is 12.8. The molecule has 1 fully saturated rings. The van der Waals surface area contributed by atoms with Crippen molar-refractivity contribution in [3.05, 3.63) is 64.2 Å². The molecule has 9 nitrogen and oxygen atoms in total. The van der Waals surface area contributed by atoms with E-state index >= 15 is 0 Å². The number of fused-ring (bicyclic) bond motifs is 2. The molecule has 2 aromatic carbocycles. The summed E-state index contributed by atoms with van der Waals surface area (Å²) in [7, 11) is 1.63. The summed E-state index contributed by atoms with van der Waals surface area (Å²) in [6, 6.07) is 11.7. The first-order valence-electron chi connectivity index (χ1n) is 14.2. The summed E-state index contributed by atoms with van der Waals surface area (Å²) in [5.41, 5.74) is 4.04. The first kappa shape index (κ1) is 27.9. The average Bonchev–Trinajstić information content (AvgIpc) is 3.80. The van der Waals surface area contributed by atoms with Gasteiger partial charge in [0.2, 0.25) is 4.96 Å². The standard InChI is InChI=1S/C31H30N6O3S3/c1-17-6-4-5-7-23(17)33-28(38)19-8-10-20(11-9-19)29-32-21(16-41-29)15-40-26-13-22(39-3)12-24-27(26)43-30(34-24)25-14-37-31(35-25)42-18(2)36-37/h8-14,16-17,23H,4-7,15H2,1-3H3,(H,33,38)/t17-,23?/m1/s1. The van der Waals surface area contributed by atoms with Crippen LogP contribution in [-0.2, 0) is 6.61 Å². The molecule has 0 radical (unpaired) electrons. The van der Waals surface area contributed by atoms with Crippen molar-refractivity contribution in [2.24, 2.45) is 5.92 Å². The van der Waals surface area contributed by atoms with Crippen molar-refractivity contribution < 1.29 is 14.3 Å². The van der Waals surface area contributed by atoms with Crippen molar-refractivity contribution in [3.63, 3.8) is 0 Å². The minimum atomic E-state index is -0.00569. The highest BCUT2D eigenvalue weighted by molar-refractivity contribution is 7.22. The lowest BCUT2D eigenvalue weighted by Crippen LogP contribution is -2.41. The highest BCUT2D eigenvalue weighted by atomic mass is 32.1. The SMILES string of the molecule is COc1cc(OCc2csc(-c3ccc(C(=O)NC4CCCC[C@H]4C)cc3)n2)c2sc(-c3cn4nc(C)sc4n3)nc2c1. The first-order valence-corrected chi connectivity index (χ1v) is 16.7. The zero-order valence-corrected chi connectivity index (χ0v) is 26.4. The normalized spacial score (nSPS) is 17.0. The fourth-order valence-corrected chi connectivity index (χ4v) is 7.92. The molecule has 220 valence electrons. The van der Waals surface area contributed by atoms with Gasteiger partial charge in [-0.3, -0.25) is 4.79 Å². The number of nitrogens with zero attached hydrogens (tertiary/aromatic N) is 5.